The summed E-state index contributed by atoms with van der Waals surface area (Å²) in [5, 5.41) is 11.5. The van der Waals surface area contributed by atoms with Crippen molar-refractivity contribution in [2.75, 3.05) is 19.8 Å². The number of nitrogens with one attached hydrogen (secondary N) is 1. The van der Waals surface area contributed by atoms with E-state index in [0.717, 1.165) is 11.3 Å². The van der Waals surface area contributed by atoms with E-state index >= 15 is 0 Å². The summed E-state index contributed by atoms with van der Waals surface area (Å²) < 4.78 is 10.9. The number of aryl methyl sites for hydroxylation is 1. The number of rotatable bonds is 8. The van der Waals surface area contributed by atoms with Crippen LogP contribution in [0, 0.1) is 6.92 Å². The van der Waals surface area contributed by atoms with Crippen LogP contribution in [0.5, 0.6) is 11.6 Å². The molecule has 2 aromatic heterocycles. The molecule has 3 rings (SSSR count). The Kier molecular flexibility index (Phi) is 6.75. The Balaban J connectivity index is 1.37. The molecule has 1 aromatic carbocycles. The molecule has 0 saturated carbocycles. The van der Waals surface area contributed by atoms with Crippen molar-refractivity contribution in [3.8, 4) is 23.0 Å². The minimum atomic E-state index is -0.243. The first-order valence-electron chi connectivity index (χ1n) is 8.65. The molecule has 8 heteroatoms. The first-order valence-corrected chi connectivity index (χ1v) is 9.03. The van der Waals surface area contributed by atoms with Gasteiger partial charge in [0.05, 0.1) is 12.2 Å². The van der Waals surface area contributed by atoms with Crippen LogP contribution in [0.25, 0.3) is 11.4 Å². The lowest BCUT2D eigenvalue weighted by atomic mass is 10.2. The molecule has 0 fully saturated rings. The number of halogens is 1. The molecule has 1 amide bonds. The van der Waals surface area contributed by atoms with E-state index in [-0.39, 0.29) is 19.1 Å². The molecule has 0 atom stereocenters. The third-order valence-corrected chi connectivity index (χ3v) is 4.16. The Morgan fingerprint density at radius 3 is 2.68 bits per heavy atom. The number of amides is 1. The normalized spacial score (nSPS) is 10.4. The summed E-state index contributed by atoms with van der Waals surface area (Å²) in [6.07, 6.45) is 1.70. The minimum Gasteiger partial charge on any atom is -0.484 e. The highest BCUT2D eigenvalue weighted by Gasteiger charge is 2.05. The first-order chi connectivity index (χ1) is 13.6. The third-order valence-electron chi connectivity index (χ3n) is 3.74. The molecular weight excluding hydrogens is 380 g/mol. The van der Waals surface area contributed by atoms with E-state index in [2.05, 4.69) is 20.5 Å². The van der Waals surface area contributed by atoms with Crippen molar-refractivity contribution in [3.63, 3.8) is 0 Å². The van der Waals surface area contributed by atoms with Crippen LogP contribution >= 0.6 is 11.6 Å². The lowest BCUT2D eigenvalue weighted by molar-refractivity contribution is -0.123. The van der Waals surface area contributed by atoms with Gasteiger partial charge in [-0.2, -0.15) is 0 Å². The smallest absolute Gasteiger partial charge is 0.258 e. The van der Waals surface area contributed by atoms with Crippen LogP contribution in [-0.4, -0.2) is 40.8 Å². The van der Waals surface area contributed by atoms with Gasteiger partial charge in [-0.3, -0.25) is 9.78 Å². The molecule has 0 bridgehead atoms. The Hall–Kier alpha value is -3.19. The standard InChI is InChI=1S/C20H19ClN4O3/c1-14-12-15(5-6-16(14)21)28-13-19(26)23-10-11-27-20-8-7-18(24-25-20)17-4-2-3-9-22-17/h2-9,12H,10-11,13H2,1H3,(H,23,26). The number of carbonyl (C=O) groups excluding carboxylic acids is 1. The average molecular weight is 399 g/mol. The zero-order valence-corrected chi connectivity index (χ0v) is 16.0. The molecule has 0 aliphatic heterocycles. The molecule has 28 heavy (non-hydrogen) atoms. The van der Waals surface area contributed by atoms with Gasteiger partial charge >= 0.3 is 0 Å². The van der Waals surface area contributed by atoms with Crippen molar-refractivity contribution in [1.82, 2.24) is 20.5 Å². The number of nitrogens with zero attached hydrogens (tertiary/aromatic N) is 3. The fourth-order valence-electron chi connectivity index (χ4n) is 2.30. The van der Waals surface area contributed by atoms with Crippen LogP contribution in [0.3, 0.4) is 0 Å². The lowest BCUT2D eigenvalue weighted by Gasteiger charge is -2.09. The number of benzene rings is 1. The van der Waals surface area contributed by atoms with Crippen LogP contribution in [0.2, 0.25) is 5.02 Å². The molecule has 0 unspecified atom stereocenters. The first kappa shape index (κ1) is 19.6. The second-order valence-electron chi connectivity index (χ2n) is 5.87. The molecule has 0 spiro atoms. The summed E-state index contributed by atoms with van der Waals surface area (Å²) in [4.78, 5) is 16.0. The van der Waals surface area contributed by atoms with Crippen molar-refractivity contribution in [2.24, 2.45) is 0 Å². The van der Waals surface area contributed by atoms with Gasteiger partial charge in [0.2, 0.25) is 5.88 Å². The van der Waals surface area contributed by atoms with Crippen molar-refractivity contribution in [2.45, 2.75) is 6.92 Å². The van der Waals surface area contributed by atoms with Crippen LogP contribution in [0.4, 0.5) is 0 Å². The Bertz CT molecular complexity index is 920. The van der Waals surface area contributed by atoms with Gasteiger partial charge < -0.3 is 14.8 Å². The zero-order valence-electron chi connectivity index (χ0n) is 15.3. The summed E-state index contributed by atoms with van der Waals surface area (Å²) in [6, 6.07) is 14.3. The van der Waals surface area contributed by atoms with Crippen LogP contribution in [0.15, 0.2) is 54.7 Å². The largest absolute Gasteiger partial charge is 0.484 e. The fraction of sp³-hybridized carbons (Fsp3) is 0.200. The number of carbonyl (C=O) groups is 1. The molecule has 0 saturated heterocycles. The van der Waals surface area contributed by atoms with Gasteiger partial charge in [0.15, 0.2) is 6.61 Å². The maximum absolute atomic E-state index is 11.8. The fourth-order valence-corrected chi connectivity index (χ4v) is 2.42. The summed E-state index contributed by atoms with van der Waals surface area (Å²) in [7, 11) is 0. The molecular formula is C20H19ClN4O3. The monoisotopic (exact) mass is 398 g/mol. The van der Waals surface area contributed by atoms with Gasteiger partial charge in [-0.1, -0.05) is 17.7 Å². The Morgan fingerprint density at radius 2 is 1.96 bits per heavy atom. The summed E-state index contributed by atoms with van der Waals surface area (Å²) in [6.45, 7) is 2.38. The van der Waals surface area contributed by atoms with E-state index in [1.807, 2.05) is 25.1 Å². The van der Waals surface area contributed by atoms with Crippen LogP contribution < -0.4 is 14.8 Å². The van der Waals surface area contributed by atoms with E-state index in [1.165, 1.54) is 0 Å². The summed E-state index contributed by atoms with van der Waals surface area (Å²) in [5.74, 6) is 0.728. The molecule has 0 aliphatic rings. The van der Waals surface area contributed by atoms with Crippen molar-refractivity contribution in [1.29, 1.82) is 0 Å². The van der Waals surface area contributed by atoms with Crippen molar-refractivity contribution in [3.05, 3.63) is 65.3 Å². The molecule has 3 aromatic rings. The second-order valence-corrected chi connectivity index (χ2v) is 6.28. The Labute approximate surface area is 167 Å². The molecule has 1 N–H and O–H groups in total. The molecule has 2 heterocycles. The lowest BCUT2D eigenvalue weighted by Crippen LogP contribution is -2.32. The highest BCUT2D eigenvalue weighted by Crippen LogP contribution is 2.20. The maximum atomic E-state index is 11.8. The van der Waals surface area contributed by atoms with Gasteiger partial charge in [-0.25, -0.2) is 0 Å². The maximum Gasteiger partial charge on any atom is 0.258 e. The quantitative estimate of drug-likeness (QED) is 0.587. The summed E-state index contributed by atoms with van der Waals surface area (Å²) >= 11 is 5.96. The van der Waals surface area contributed by atoms with E-state index in [0.29, 0.717) is 28.9 Å². The predicted molar refractivity (Wildman–Crippen MR) is 105 cm³/mol. The van der Waals surface area contributed by atoms with Gasteiger partial charge in [-0.15, -0.1) is 10.2 Å². The topological polar surface area (TPSA) is 86.2 Å². The summed E-state index contributed by atoms with van der Waals surface area (Å²) in [5.41, 5.74) is 2.30. The van der Waals surface area contributed by atoms with E-state index in [1.54, 1.807) is 36.5 Å². The third kappa shape index (κ3) is 5.65. The zero-order chi connectivity index (χ0) is 19.8. The van der Waals surface area contributed by atoms with Gasteiger partial charge in [-0.05, 0) is 48.9 Å². The van der Waals surface area contributed by atoms with E-state index in [9.17, 15) is 4.79 Å². The number of pyridine rings is 1. The molecule has 7 nitrogen and oxygen atoms in total. The average Bonchev–Trinajstić information content (AvgIpc) is 2.73. The second kappa shape index (κ2) is 9.66. The van der Waals surface area contributed by atoms with Gasteiger partial charge in [0, 0.05) is 17.3 Å². The van der Waals surface area contributed by atoms with Crippen LogP contribution in [-0.2, 0) is 4.79 Å². The van der Waals surface area contributed by atoms with E-state index in [4.69, 9.17) is 21.1 Å². The van der Waals surface area contributed by atoms with Gasteiger partial charge in [0.25, 0.3) is 5.91 Å². The number of hydrogen-bond acceptors (Lipinski definition) is 6. The van der Waals surface area contributed by atoms with Crippen molar-refractivity contribution < 1.29 is 14.3 Å². The SMILES string of the molecule is Cc1cc(OCC(=O)NCCOc2ccc(-c3ccccn3)nn2)ccc1Cl. The predicted octanol–water partition coefficient (Wildman–Crippen LogP) is 3.07. The van der Waals surface area contributed by atoms with Crippen molar-refractivity contribution >= 4 is 17.5 Å². The Morgan fingerprint density at radius 1 is 1.07 bits per heavy atom. The highest BCUT2D eigenvalue weighted by atomic mass is 35.5. The number of ether oxygens (including phenoxy) is 2. The molecule has 0 aliphatic carbocycles. The highest BCUT2D eigenvalue weighted by molar-refractivity contribution is 6.31. The molecule has 144 valence electrons. The van der Waals surface area contributed by atoms with Gasteiger partial charge in [0.1, 0.15) is 18.1 Å². The van der Waals surface area contributed by atoms with Crippen LogP contribution in [0.1, 0.15) is 5.56 Å². The van der Waals surface area contributed by atoms with E-state index < -0.39 is 0 Å². The number of aromatic nitrogens is 3. The number of hydrogen-bond donors (Lipinski definition) is 1. The minimum absolute atomic E-state index is 0.0837. The molecule has 0 radical (unpaired) electrons.